The second kappa shape index (κ2) is 4.91. The molecule has 3 heteroatoms. The predicted octanol–water partition coefficient (Wildman–Crippen LogP) is 2.29. The van der Waals surface area contributed by atoms with Crippen molar-refractivity contribution in [1.29, 1.82) is 0 Å². The van der Waals surface area contributed by atoms with E-state index in [-0.39, 0.29) is 0 Å². The topological polar surface area (TPSA) is 40.5 Å². The molecule has 0 aliphatic carbocycles. The van der Waals surface area contributed by atoms with E-state index in [1.165, 1.54) is 9.75 Å². The Morgan fingerprint density at radius 3 is 2.36 bits per heavy atom. The molecule has 14 heavy (non-hydrogen) atoms. The zero-order valence-corrected chi connectivity index (χ0v) is 9.71. The van der Waals surface area contributed by atoms with E-state index in [1.54, 1.807) is 18.3 Å². The Bertz CT molecular complexity index is 281. The van der Waals surface area contributed by atoms with E-state index in [1.807, 2.05) is 0 Å². The summed E-state index contributed by atoms with van der Waals surface area (Å²) in [6.07, 6.45) is -0.636. The number of aliphatic hydroxyl groups excluding tert-OH is 2. The third kappa shape index (κ3) is 3.08. The summed E-state index contributed by atoms with van der Waals surface area (Å²) in [4.78, 5) is 2.57. The molecule has 0 aliphatic heterocycles. The molecule has 0 aliphatic rings. The first-order valence-corrected chi connectivity index (χ1v) is 5.75. The van der Waals surface area contributed by atoms with Crippen molar-refractivity contribution in [3.63, 3.8) is 0 Å². The fourth-order valence-electron chi connectivity index (χ4n) is 1.39. The van der Waals surface area contributed by atoms with Gasteiger partial charge < -0.3 is 10.2 Å². The Labute approximate surface area is 89.2 Å². The highest BCUT2D eigenvalue weighted by Gasteiger charge is 2.17. The van der Waals surface area contributed by atoms with Crippen molar-refractivity contribution in [2.24, 2.45) is 0 Å². The van der Waals surface area contributed by atoms with Gasteiger partial charge in [0.2, 0.25) is 0 Å². The highest BCUT2D eigenvalue weighted by Crippen LogP contribution is 2.28. The molecule has 80 valence electrons. The van der Waals surface area contributed by atoms with E-state index in [2.05, 4.69) is 26.0 Å². The standard InChI is InChI=1S/C11H18O2S/c1-7(6-10(13)9(3)12)11-5-4-8(2)14-11/h4-5,7,9-10,12-13H,6H2,1-3H3. The molecular weight excluding hydrogens is 196 g/mol. The summed E-state index contributed by atoms with van der Waals surface area (Å²) < 4.78 is 0. The van der Waals surface area contributed by atoms with Gasteiger partial charge in [0.05, 0.1) is 12.2 Å². The van der Waals surface area contributed by atoms with Crippen molar-refractivity contribution in [3.05, 3.63) is 21.9 Å². The first-order valence-electron chi connectivity index (χ1n) is 4.93. The maximum atomic E-state index is 9.52. The SMILES string of the molecule is Cc1ccc(C(C)CC(O)C(C)O)s1. The van der Waals surface area contributed by atoms with Crippen molar-refractivity contribution in [2.45, 2.75) is 45.3 Å². The molecule has 0 radical (unpaired) electrons. The molecule has 3 atom stereocenters. The lowest BCUT2D eigenvalue weighted by molar-refractivity contribution is 0.0229. The molecule has 0 amide bonds. The van der Waals surface area contributed by atoms with Crippen molar-refractivity contribution >= 4 is 11.3 Å². The van der Waals surface area contributed by atoms with E-state index >= 15 is 0 Å². The molecule has 2 N–H and O–H groups in total. The van der Waals surface area contributed by atoms with Gasteiger partial charge in [0.15, 0.2) is 0 Å². The van der Waals surface area contributed by atoms with Crippen molar-refractivity contribution < 1.29 is 10.2 Å². The van der Waals surface area contributed by atoms with E-state index < -0.39 is 12.2 Å². The largest absolute Gasteiger partial charge is 0.391 e. The van der Waals surface area contributed by atoms with Gasteiger partial charge in [-0.25, -0.2) is 0 Å². The number of aryl methyl sites for hydroxylation is 1. The minimum atomic E-state index is -0.640. The van der Waals surface area contributed by atoms with Gasteiger partial charge in [0, 0.05) is 9.75 Å². The van der Waals surface area contributed by atoms with Crippen LogP contribution in [0.3, 0.4) is 0 Å². The highest BCUT2D eigenvalue weighted by atomic mass is 32.1. The smallest absolute Gasteiger partial charge is 0.0802 e. The normalized spacial score (nSPS) is 17.8. The second-order valence-corrected chi connectivity index (χ2v) is 5.21. The molecule has 3 unspecified atom stereocenters. The molecule has 0 fully saturated rings. The predicted molar refractivity (Wildman–Crippen MR) is 59.8 cm³/mol. The van der Waals surface area contributed by atoms with Crippen LogP contribution in [0.15, 0.2) is 12.1 Å². The molecule has 0 saturated carbocycles. The van der Waals surface area contributed by atoms with Crippen molar-refractivity contribution in [3.8, 4) is 0 Å². The van der Waals surface area contributed by atoms with Gasteiger partial charge in [-0.3, -0.25) is 0 Å². The van der Waals surface area contributed by atoms with Gasteiger partial charge in [-0.15, -0.1) is 11.3 Å². The highest BCUT2D eigenvalue weighted by molar-refractivity contribution is 7.12. The molecule has 0 spiro atoms. The van der Waals surface area contributed by atoms with Crippen LogP contribution in [0.1, 0.15) is 35.9 Å². The number of thiophene rings is 1. The summed E-state index contributed by atoms with van der Waals surface area (Å²) >= 11 is 1.76. The van der Waals surface area contributed by atoms with Crippen molar-refractivity contribution in [1.82, 2.24) is 0 Å². The summed E-state index contributed by atoms with van der Waals surface area (Å²) in [5.41, 5.74) is 0. The van der Waals surface area contributed by atoms with Crippen LogP contribution in [0.25, 0.3) is 0 Å². The number of rotatable bonds is 4. The van der Waals surface area contributed by atoms with Gasteiger partial charge in [-0.05, 0) is 38.3 Å². The fraction of sp³-hybridized carbons (Fsp3) is 0.636. The molecule has 1 aromatic heterocycles. The van der Waals surface area contributed by atoms with Crippen LogP contribution < -0.4 is 0 Å². The van der Waals surface area contributed by atoms with Crippen LogP contribution >= 0.6 is 11.3 Å². The third-order valence-corrected chi connectivity index (χ3v) is 3.63. The molecule has 0 bridgehead atoms. The summed E-state index contributed by atoms with van der Waals surface area (Å²) in [5, 5.41) is 18.7. The molecular formula is C11H18O2S. The zero-order valence-electron chi connectivity index (χ0n) is 8.90. The summed E-state index contributed by atoms with van der Waals surface area (Å²) in [5.74, 6) is 0.318. The Hall–Kier alpha value is -0.380. The van der Waals surface area contributed by atoms with E-state index in [0.29, 0.717) is 12.3 Å². The van der Waals surface area contributed by atoms with E-state index in [9.17, 15) is 10.2 Å². The Balaban J connectivity index is 2.54. The fourth-order valence-corrected chi connectivity index (χ4v) is 2.33. The minimum absolute atomic E-state index is 0.318. The summed E-state index contributed by atoms with van der Waals surface area (Å²) in [6.45, 7) is 5.78. The lowest BCUT2D eigenvalue weighted by Gasteiger charge is -2.17. The van der Waals surface area contributed by atoms with Crippen LogP contribution in [0.5, 0.6) is 0 Å². The zero-order chi connectivity index (χ0) is 10.7. The van der Waals surface area contributed by atoms with Crippen LogP contribution in [0.4, 0.5) is 0 Å². The lowest BCUT2D eigenvalue weighted by Crippen LogP contribution is -2.23. The molecule has 1 aromatic rings. The molecule has 1 rings (SSSR count). The lowest BCUT2D eigenvalue weighted by atomic mass is 9.99. The van der Waals surface area contributed by atoms with E-state index in [0.717, 1.165) is 0 Å². The summed E-state index contributed by atoms with van der Waals surface area (Å²) in [7, 11) is 0. The van der Waals surface area contributed by atoms with Gasteiger partial charge >= 0.3 is 0 Å². The average molecular weight is 214 g/mol. The second-order valence-electron chi connectivity index (χ2n) is 3.89. The summed E-state index contributed by atoms with van der Waals surface area (Å²) in [6, 6.07) is 4.19. The Morgan fingerprint density at radius 2 is 1.93 bits per heavy atom. The minimum Gasteiger partial charge on any atom is -0.391 e. The van der Waals surface area contributed by atoms with Gasteiger partial charge in [-0.1, -0.05) is 6.92 Å². The van der Waals surface area contributed by atoms with Crippen LogP contribution in [-0.4, -0.2) is 22.4 Å². The quantitative estimate of drug-likeness (QED) is 0.807. The first-order chi connectivity index (χ1) is 6.50. The van der Waals surface area contributed by atoms with Crippen LogP contribution in [0, 0.1) is 6.92 Å². The van der Waals surface area contributed by atoms with Crippen LogP contribution in [0.2, 0.25) is 0 Å². The van der Waals surface area contributed by atoms with Crippen LogP contribution in [-0.2, 0) is 0 Å². The maximum absolute atomic E-state index is 9.52. The average Bonchev–Trinajstić information content (AvgIpc) is 2.51. The number of aliphatic hydroxyl groups is 2. The first kappa shape index (κ1) is 11.7. The molecule has 2 nitrogen and oxygen atoms in total. The van der Waals surface area contributed by atoms with Gasteiger partial charge in [0.1, 0.15) is 0 Å². The van der Waals surface area contributed by atoms with E-state index in [4.69, 9.17) is 0 Å². The maximum Gasteiger partial charge on any atom is 0.0802 e. The van der Waals surface area contributed by atoms with Gasteiger partial charge in [-0.2, -0.15) is 0 Å². The van der Waals surface area contributed by atoms with Gasteiger partial charge in [0.25, 0.3) is 0 Å². The molecule has 0 aromatic carbocycles. The Morgan fingerprint density at radius 1 is 1.29 bits per heavy atom. The third-order valence-electron chi connectivity index (χ3n) is 2.40. The molecule has 1 heterocycles. The number of hydrogen-bond acceptors (Lipinski definition) is 3. The monoisotopic (exact) mass is 214 g/mol. The number of hydrogen-bond donors (Lipinski definition) is 2. The Kier molecular flexibility index (Phi) is 4.11. The van der Waals surface area contributed by atoms with Crippen molar-refractivity contribution in [2.75, 3.05) is 0 Å². The molecule has 0 saturated heterocycles.